The van der Waals surface area contributed by atoms with Gasteiger partial charge in [-0.05, 0) is 6.92 Å². The molecule has 0 radical (unpaired) electrons. The van der Waals surface area contributed by atoms with Gasteiger partial charge in [0.2, 0.25) is 5.69 Å². The van der Waals surface area contributed by atoms with Crippen LogP contribution in [0.1, 0.15) is 16.2 Å². The summed E-state index contributed by atoms with van der Waals surface area (Å²) in [4.78, 5) is 11.0. The Morgan fingerprint density at radius 1 is 1.31 bits per heavy atom. The van der Waals surface area contributed by atoms with Crippen molar-refractivity contribution >= 4 is 5.97 Å². The summed E-state index contributed by atoms with van der Waals surface area (Å²) in [5.74, 6) is -1.17. The van der Waals surface area contributed by atoms with Crippen LogP contribution < -0.4 is 9.79 Å². The van der Waals surface area contributed by atoms with Gasteiger partial charge in [0.05, 0.1) is 12.7 Å². The number of hydrogen-bond acceptors (Lipinski definition) is 2. The molecule has 4 nitrogen and oxygen atoms in total. The van der Waals surface area contributed by atoms with Crippen LogP contribution in [0.2, 0.25) is 0 Å². The topological polar surface area (TPSA) is 48.9 Å². The molecule has 1 heterocycles. The lowest BCUT2D eigenvalue weighted by molar-refractivity contribution is -0.687. The number of aromatic carboxylic acids is 1. The maximum absolute atomic E-state index is 11.0. The molecule has 0 unspecified atom stereocenters. The van der Waals surface area contributed by atoms with Gasteiger partial charge in [-0.15, -0.1) is 0 Å². The second-order valence-corrected chi connectivity index (χ2v) is 3.63. The predicted molar refractivity (Wildman–Crippen MR) is 56.0 cm³/mol. The molecule has 0 fully saturated rings. The number of aromatic nitrogens is 2. The molecule has 0 aliphatic heterocycles. The maximum atomic E-state index is 11.0. The summed E-state index contributed by atoms with van der Waals surface area (Å²) in [6, 6.07) is 10.9. The van der Waals surface area contributed by atoms with Crippen molar-refractivity contribution in [3.05, 3.63) is 47.8 Å². The summed E-state index contributed by atoms with van der Waals surface area (Å²) in [5.41, 5.74) is 1.83. The molecule has 16 heavy (non-hydrogen) atoms. The molecule has 0 bridgehead atoms. The molecule has 0 saturated heterocycles. The summed E-state index contributed by atoms with van der Waals surface area (Å²) in [5, 5.41) is 11.0. The van der Waals surface area contributed by atoms with Crippen LogP contribution in [0.3, 0.4) is 0 Å². The standard InChI is InChI=1S/C12H12N2O2/c1-9-8-11(12(15)16)14(13(9)2)10-6-4-3-5-7-10/h3-8H,1-2H3. The molecule has 4 heteroatoms. The molecule has 0 aliphatic rings. The SMILES string of the molecule is Cc1cc(C(=O)[O-])[n+](-c2ccccc2)n1C. The Morgan fingerprint density at radius 3 is 2.50 bits per heavy atom. The number of nitrogens with zero attached hydrogens (tertiary/aromatic N) is 2. The highest BCUT2D eigenvalue weighted by atomic mass is 16.4. The first-order valence-corrected chi connectivity index (χ1v) is 4.96. The van der Waals surface area contributed by atoms with E-state index in [9.17, 15) is 9.90 Å². The van der Waals surface area contributed by atoms with Gasteiger partial charge >= 0.3 is 0 Å². The van der Waals surface area contributed by atoms with Crippen LogP contribution in [-0.2, 0) is 7.05 Å². The molecule has 0 aliphatic carbocycles. The van der Waals surface area contributed by atoms with Gasteiger partial charge in [-0.1, -0.05) is 22.9 Å². The van der Waals surface area contributed by atoms with E-state index in [-0.39, 0.29) is 5.69 Å². The number of hydrogen-bond donors (Lipinski definition) is 0. The second kappa shape index (κ2) is 3.81. The molecule has 0 atom stereocenters. The zero-order valence-corrected chi connectivity index (χ0v) is 9.18. The first-order valence-electron chi connectivity index (χ1n) is 4.96. The third-order valence-corrected chi connectivity index (χ3v) is 2.59. The van der Waals surface area contributed by atoms with Crippen molar-refractivity contribution in [2.75, 3.05) is 0 Å². The largest absolute Gasteiger partial charge is 0.539 e. The number of carboxylic acids is 1. The summed E-state index contributed by atoms with van der Waals surface area (Å²) < 4.78 is 3.39. The molecule has 82 valence electrons. The van der Waals surface area contributed by atoms with E-state index < -0.39 is 5.97 Å². The molecule has 0 saturated carbocycles. The number of benzene rings is 1. The van der Waals surface area contributed by atoms with Crippen LogP contribution >= 0.6 is 0 Å². The van der Waals surface area contributed by atoms with Crippen molar-refractivity contribution < 1.29 is 14.6 Å². The minimum atomic E-state index is -1.17. The van der Waals surface area contributed by atoms with Crippen molar-refractivity contribution in [3.8, 4) is 5.69 Å². The molecule has 2 aromatic rings. The van der Waals surface area contributed by atoms with Gasteiger partial charge < -0.3 is 9.90 Å². The van der Waals surface area contributed by atoms with E-state index in [1.165, 1.54) is 0 Å². The zero-order valence-electron chi connectivity index (χ0n) is 9.18. The Kier molecular flexibility index (Phi) is 2.48. The lowest BCUT2D eigenvalue weighted by atomic mass is 10.3. The third-order valence-electron chi connectivity index (χ3n) is 2.59. The van der Waals surface area contributed by atoms with Gasteiger partial charge in [0, 0.05) is 18.2 Å². The number of carbonyl (C=O) groups excluding carboxylic acids is 1. The third kappa shape index (κ3) is 1.58. The average Bonchev–Trinajstić information content (AvgIpc) is 2.57. The molecule has 1 aromatic heterocycles. The van der Waals surface area contributed by atoms with Crippen molar-refractivity contribution in [1.82, 2.24) is 4.68 Å². The minimum Gasteiger partial charge on any atom is -0.539 e. The van der Waals surface area contributed by atoms with E-state index in [4.69, 9.17) is 0 Å². The molecular formula is C12H12N2O2. The molecular weight excluding hydrogens is 204 g/mol. The summed E-state index contributed by atoms with van der Waals surface area (Å²) >= 11 is 0. The van der Waals surface area contributed by atoms with Gasteiger partial charge in [-0.25, -0.2) is 0 Å². The monoisotopic (exact) mass is 216 g/mol. The highest BCUT2D eigenvalue weighted by Crippen LogP contribution is 2.04. The Bertz CT molecular complexity index is 529. The number of rotatable bonds is 2. The highest BCUT2D eigenvalue weighted by molar-refractivity contribution is 5.82. The van der Waals surface area contributed by atoms with Gasteiger partial charge in [0.15, 0.2) is 0 Å². The molecule has 1 aromatic carbocycles. The van der Waals surface area contributed by atoms with E-state index in [0.717, 1.165) is 11.4 Å². The lowest BCUT2D eigenvalue weighted by Crippen LogP contribution is -2.47. The molecule has 0 N–H and O–H groups in total. The fourth-order valence-electron chi connectivity index (χ4n) is 1.70. The fourth-order valence-corrected chi connectivity index (χ4v) is 1.70. The Balaban J connectivity index is 2.68. The highest BCUT2D eigenvalue weighted by Gasteiger charge is 2.21. The first-order chi connectivity index (χ1) is 7.61. The predicted octanol–water partition coefficient (Wildman–Crippen LogP) is -0.0263. The van der Waals surface area contributed by atoms with Crippen molar-refractivity contribution in [2.24, 2.45) is 7.05 Å². The minimum absolute atomic E-state index is 0.159. The number of carboxylic acid groups (broad SMARTS) is 1. The van der Waals surface area contributed by atoms with Crippen molar-refractivity contribution in [3.63, 3.8) is 0 Å². The second-order valence-electron chi connectivity index (χ2n) is 3.63. The first kappa shape index (κ1) is 10.4. The Labute approximate surface area is 93.4 Å². The Morgan fingerprint density at radius 2 is 1.94 bits per heavy atom. The van der Waals surface area contributed by atoms with E-state index in [2.05, 4.69) is 0 Å². The average molecular weight is 216 g/mol. The van der Waals surface area contributed by atoms with Gasteiger partial charge in [-0.3, -0.25) is 0 Å². The van der Waals surface area contributed by atoms with E-state index >= 15 is 0 Å². The van der Waals surface area contributed by atoms with Gasteiger partial charge in [0.25, 0.3) is 5.69 Å². The fraction of sp³-hybridized carbons (Fsp3) is 0.167. The smallest absolute Gasteiger partial charge is 0.261 e. The van der Waals surface area contributed by atoms with Crippen LogP contribution in [0.4, 0.5) is 0 Å². The van der Waals surface area contributed by atoms with Crippen LogP contribution in [0.15, 0.2) is 36.4 Å². The number of aryl methyl sites for hydroxylation is 1. The molecule has 0 spiro atoms. The van der Waals surface area contributed by atoms with E-state index in [1.54, 1.807) is 15.4 Å². The van der Waals surface area contributed by atoms with Gasteiger partial charge in [0.1, 0.15) is 5.97 Å². The van der Waals surface area contributed by atoms with Crippen molar-refractivity contribution in [1.29, 1.82) is 0 Å². The summed E-state index contributed by atoms with van der Waals surface area (Å²) in [6.45, 7) is 1.85. The number of carbonyl (C=O) groups is 1. The van der Waals surface area contributed by atoms with Crippen LogP contribution in [-0.4, -0.2) is 10.7 Å². The maximum Gasteiger partial charge on any atom is 0.261 e. The molecule has 0 amide bonds. The van der Waals surface area contributed by atoms with E-state index in [0.29, 0.717) is 0 Å². The quantitative estimate of drug-likeness (QED) is 0.662. The normalized spacial score (nSPS) is 10.4. The summed E-state index contributed by atoms with van der Waals surface area (Å²) in [6.07, 6.45) is 0. The Hall–Kier alpha value is -2.10. The molecule has 2 rings (SSSR count). The summed E-state index contributed by atoms with van der Waals surface area (Å²) in [7, 11) is 1.81. The zero-order chi connectivity index (χ0) is 11.7. The van der Waals surface area contributed by atoms with Crippen molar-refractivity contribution in [2.45, 2.75) is 6.92 Å². The van der Waals surface area contributed by atoms with Crippen LogP contribution in [0.25, 0.3) is 5.69 Å². The van der Waals surface area contributed by atoms with Crippen LogP contribution in [0, 0.1) is 6.92 Å². The van der Waals surface area contributed by atoms with Gasteiger partial charge in [-0.2, -0.15) is 4.68 Å². The lowest BCUT2D eigenvalue weighted by Gasteiger charge is -2.01. The van der Waals surface area contributed by atoms with Crippen LogP contribution in [0.5, 0.6) is 0 Å². The van der Waals surface area contributed by atoms with E-state index in [1.807, 2.05) is 44.3 Å². The number of para-hydroxylation sites is 1.